The summed E-state index contributed by atoms with van der Waals surface area (Å²) in [6.45, 7) is 11.5. The first-order valence-corrected chi connectivity index (χ1v) is 17.7. The van der Waals surface area contributed by atoms with Crippen LogP contribution in [-0.4, -0.2) is 14.6 Å². The minimum atomic E-state index is -1.61. The number of anilines is 2. The molecule has 0 aromatic heterocycles. The summed E-state index contributed by atoms with van der Waals surface area (Å²) in [7, 11) is 0. The third-order valence-electron chi connectivity index (χ3n) is 8.45. The lowest BCUT2D eigenvalue weighted by Crippen LogP contribution is -2.35. The van der Waals surface area contributed by atoms with Gasteiger partial charge in [-0.05, 0) is 58.7 Å². The van der Waals surface area contributed by atoms with Crippen molar-refractivity contribution in [2.75, 3.05) is 8.60 Å². The fourth-order valence-electron chi connectivity index (χ4n) is 6.32. The summed E-state index contributed by atoms with van der Waals surface area (Å²) < 4.78 is 8.50. The van der Waals surface area contributed by atoms with E-state index >= 15 is 0 Å². The maximum absolute atomic E-state index is 4.25. The normalized spacial score (nSPS) is 11.3. The van der Waals surface area contributed by atoms with Gasteiger partial charge in [-0.1, -0.05) is 139 Å². The van der Waals surface area contributed by atoms with Gasteiger partial charge in [-0.15, -0.1) is 0 Å². The van der Waals surface area contributed by atoms with Crippen molar-refractivity contribution in [3.8, 4) is 0 Å². The Kier molecular flexibility index (Phi) is 11.2. The van der Waals surface area contributed by atoms with Crippen molar-refractivity contribution in [3.05, 3.63) is 82.9 Å². The van der Waals surface area contributed by atoms with Crippen LogP contribution in [0, 0.1) is 0 Å². The van der Waals surface area contributed by atoms with E-state index in [1.54, 1.807) is 0 Å². The molecule has 4 rings (SSSR count). The van der Waals surface area contributed by atoms with Crippen LogP contribution in [0.2, 0.25) is 5.28 Å². The largest absolute Gasteiger partial charge is 0.568 e. The van der Waals surface area contributed by atoms with E-state index in [1.807, 2.05) is 0 Å². The number of nitrogens with one attached hydrogen (secondary N) is 2. The highest BCUT2D eigenvalue weighted by molar-refractivity contribution is 6.66. The monoisotopic (exact) mass is 536 g/mol. The molecule has 0 aliphatic rings. The van der Waals surface area contributed by atoms with Gasteiger partial charge in [0.25, 0.3) is 0 Å². The molecule has 39 heavy (non-hydrogen) atoms. The van der Waals surface area contributed by atoms with Crippen LogP contribution in [0.4, 0.5) is 11.4 Å². The molecule has 4 aromatic carbocycles. The van der Waals surface area contributed by atoms with Crippen LogP contribution in [0.1, 0.15) is 95.4 Å². The van der Waals surface area contributed by atoms with Crippen LogP contribution < -0.4 is 8.60 Å². The third-order valence-corrected chi connectivity index (χ3v) is 10.7. The molecule has 0 atom stereocenters. The van der Waals surface area contributed by atoms with Crippen molar-refractivity contribution < 1.29 is 0 Å². The highest BCUT2D eigenvalue weighted by Crippen LogP contribution is 2.35. The second-order valence-electron chi connectivity index (χ2n) is 11.0. The molecule has 0 spiro atoms. The Bertz CT molecular complexity index is 1260. The van der Waals surface area contributed by atoms with Crippen molar-refractivity contribution in [1.29, 1.82) is 0 Å². The summed E-state index contributed by atoms with van der Waals surface area (Å²) >= 11 is -1.61. The van der Waals surface area contributed by atoms with Crippen LogP contribution in [0.5, 0.6) is 0 Å². The average Bonchev–Trinajstić information content (AvgIpc) is 2.98. The molecule has 0 saturated carbocycles. The van der Waals surface area contributed by atoms with Gasteiger partial charge in [-0.25, -0.2) is 0 Å². The topological polar surface area (TPSA) is 24.1 Å². The first kappa shape index (κ1) is 29.5. The molecule has 0 saturated heterocycles. The van der Waals surface area contributed by atoms with Crippen molar-refractivity contribution in [2.24, 2.45) is 0 Å². The van der Waals surface area contributed by atoms with Gasteiger partial charge in [0.05, 0.1) is 0 Å². The number of hydrogen-bond donors (Lipinski definition) is 2. The SMILES string of the molecule is CCCCCCC[CH2][Al]([NH]c1c(CC)c(CC)cc2ccccc12)[NH]c1c(CC)c(CC)cc2ccccc12. The molecule has 0 unspecified atom stereocenters. The summed E-state index contributed by atoms with van der Waals surface area (Å²) in [5, 5.41) is 6.70. The Balaban J connectivity index is 1.76. The highest BCUT2D eigenvalue weighted by Gasteiger charge is 2.26. The van der Waals surface area contributed by atoms with Crippen LogP contribution in [-0.2, 0) is 25.7 Å². The first-order chi connectivity index (χ1) is 19.1. The van der Waals surface area contributed by atoms with Gasteiger partial charge in [0.1, 0.15) is 0 Å². The van der Waals surface area contributed by atoms with Gasteiger partial charge < -0.3 is 8.60 Å². The zero-order valence-corrected chi connectivity index (χ0v) is 26.3. The van der Waals surface area contributed by atoms with Crippen LogP contribution in [0.15, 0.2) is 60.7 Å². The van der Waals surface area contributed by atoms with Gasteiger partial charge in [0, 0.05) is 22.1 Å². The first-order valence-electron chi connectivity index (χ1n) is 15.7. The van der Waals surface area contributed by atoms with E-state index in [0.29, 0.717) is 0 Å². The lowest BCUT2D eigenvalue weighted by atomic mass is 9.95. The maximum atomic E-state index is 4.25. The van der Waals surface area contributed by atoms with Gasteiger partial charge in [0.15, 0.2) is 0 Å². The summed E-state index contributed by atoms with van der Waals surface area (Å²) in [6.07, 6.45) is 12.3. The van der Waals surface area contributed by atoms with Gasteiger partial charge in [0.2, 0.25) is 0 Å². The van der Waals surface area contributed by atoms with E-state index in [-0.39, 0.29) is 0 Å². The number of fused-ring (bicyclic) bond motifs is 2. The molecule has 206 valence electrons. The van der Waals surface area contributed by atoms with E-state index in [0.717, 1.165) is 25.7 Å². The lowest BCUT2D eigenvalue weighted by molar-refractivity contribution is 0.623. The zero-order valence-electron chi connectivity index (χ0n) is 25.1. The predicted molar refractivity (Wildman–Crippen MR) is 177 cm³/mol. The fraction of sp³-hybridized carbons (Fsp3) is 0.444. The van der Waals surface area contributed by atoms with Crippen LogP contribution >= 0.6 is 0 Å². The van der Waals surface area contributed by atoms with Gasteiger partial charge in [-0.3, -0.25) is 0 Å². The Hall–Kier alpha value is -2.47. The maximum Gasteiger partial charge on any atom is 0.568 e. The molecule has 0 heterocycles. The Morgan fingerprint density at radius 2 is 1.00 bits per heavy atom. The van der Waals surface area contributed by atoms with E-state index in [9.17, 15) is 0 Å². The number of aryl methyl sites for hydroxylation is 2. The molecule has 0 aliphatic carbocycles. The van der Waals surface area contributed by atoms with Crippen molar-refractivity contribution >= 4 is 47.5 Å². The van der Waals surface area contributed by atoms with Crippen molar-refractivity contribution in [1.82, 2.24) is 0 Å². The number of benzene rings is 4. The third kappa shape index (κ3) is 7.00. The Labute approximate surface area is 242 Å². The minimum Gasteiger partial charge on any atom is -0.457 e. The Morgan fingerprint density at radius 3 is 1.46 bits per heavy atom. The second kappa shape index (κ2) is 14.8. The average molecular weight is 537 g/mol. The van der Waals surface area contributed by atoms with E-state index in [4.69, 9.17) is 0 Å². The molecule has 0 radical (unpaired) electrons. The molecular weight excluding hydrogens is 487 g/mol. The number of hydrogen-bond acceptors (Lipinski definition) is 2. The minimum absolute atomic E-state index is 1.06. The Morgan fingerprint density at radius 1 is 0.538 bits per heavy atom. The lowest BCUT2D eigenvalue weighted by Gasteiger charge is -2.25. The quantitative estimate of drug-likeness (QED) is 0.117. The molecule has 4 aromatic rings. The zero-order chi connectivity index (χ0) is 27.6. The highest BCUT2D eigenvalue weighted by atomic mass is 27.2. The molecule has 3 heteroatoms. The summed E-state index contributed by atoms with van der Waals surface area (Å²) in [5.74, 6) is 0. The molecule has 0 aliphatic heterocycles. The predicted octanol–water partition coefficient (Wildman–Crippen LogP) is 10.6. The molecular formula is C36H49AlN2. The molecule has 0 fully saturated rings. The smallest absolute Gasteiger partial charge is 0.457 e. The van der Waals surface area contributed by atoms with E-state index in [2.05, 4.69) is 104 Å². The molecule has 2 nitrogen and oxygen atoms in total. The van der Waals surface area contributed by atoms with E-state index in [1.165, 1.54) is 99.0 Å². The summed E-state index contributed by atoms with van der Waals surface area (Å²) in [6, 6.07) is 22.8. The van der Waals surface area contributed by atoms with Crippen LogP contribution in [0.25, 0.3) is 21.5 Å². The number of rotatable bonds is 15. The van der Waals surface area contributed by atoms with Crippen molar-refractivity contribution in [3.63, 3.8) is 0 Å². The second-order valence-corrected chi connectivity index (χ2v) is 13.3. The summed E-state index contributed by atoms with van der Waals surface area (Å²) in [4.78, 5) is 0. The van der Waals surface area contributed by atoms with Gasteiger partial charge >= 0.3 is 14.6 Å². The standard InChI is InChI=1S/2C14H16N.C8H17.Al/c2*1-3-10-9-11-7-5-6-8-13(11)14(15)12(10)4-2;1-3-5-7-8-6-4-2;/h2*5-9,15H,3-4H2,1-2H3;1,3-8H2,2H3;/q2*-1;;+2. The van der Waals surface area contributed by atoms with E-state index < -0.39 is 14.6 Å². The van der Waals surface area contributed by atoms with Crippen molar-refractivity contribution in [2.45, 2.75) is 104 Å². The molecule has 2 N–H and O–H groups in total. The molecule has 0 amide bonds. The fourth-order valence-corrected chi connectivity index (χ4v) is 8.74. The van der Waals surface area contributed by atoms with Crippen LogP contribution in [0.3, 0.4) is 0 Å². The summed E-state index contributed by atoms with van der Waals surface area (Å²) in [5.41, 5.74) is 8.74. The van der Waals surface area contributed by atoms with Gasteiger partial charge in [-0.2, -0.15) is 0 Å². The number of unbranched alkanes of at least 4 members (excludes halogenated alkanes) is 5. The molecule has 0 bridgehead atoms.